The van der Waals surface area contributed by atoms with Crippen molar-refractivity contribution in [2.24, 2.45) is 0 Å². The number of hydrogen-bond donors (Lipinski definition) is 1. The number of aryl methyl sites for hydroxylation is 1. The van der Waals surface area contributed by atoms with Crippen LogP contribution in [0, 0.1) is 11.3 Å². The van der Waals surface area contributed by atoms with Gasteiger partial charge in [-0.05, 0) is 36.2 Å². The van der Waals surface area contributed by atoms with Gasteiger partial charge in [-0.2, -0.15) is 5.26 Å². The second kappa shape index (κ2) is 5.57. The molecular formula is C15H13ClN2. The Kier molecular flexibility index (Phi) is 3.86. The summed E-state index contributed by atoms with van der Waals surface area (Å²) in [6, 6.07) is 15.5. The molecule has 0 spiro atoms. The van der Waals surface area contributed by atoms with Gasteiger partial charge in [0.2, 0.25) is 0 Å². The zero-order chi connectivity index (χ0) is 13.0. The summed E-state index contributed by atoms with van der Waals surface area (Å²) >= 11 is 5.88. The third-order valence-electron chi connectivity index (χ3n) is 2.77. The zero-order valence-electron chi connectivity index (χ0n) is 10.1. The maximum Gasteiger partial charge on any atom is 0.101 e. The molecule has 0 unspecified atom stereocenters. The van der Waals surface area contributed by atoms with Gasteiger partial charge in [0, 0.05) is 10.7 Å². The Morgan fingerprint density at radius 2 is 1.94 bits per heavy atom. The molecule has 0 radical (unpaired) electrons. The number of anilines is 2. The molecule has 0 aliphatic rings. The van der Waals surface area contributed by atoms with Crippen molar-refractivity contribution in [2.75, 3.05) is 5.32 Å². The first-order chi connectivity index (χ1) is 8.74. The van der Waals surface area contributed by atoms with E-state index in [0.29, 0.717) is 10.6 Å². The first-order valence-electron chi connectivity index (χ1n) is 5.79. The molecule has 0 saturated heterocycles. The molecule has 1 N–H and O–H groups in total. The van der Waals surface area contributed by atoms with Gasteiger partial charge in [-0.15, -0.1) is 0 Å². The number of benzene rings is 2. The van der Waals surface area contributed by atoms with Crippen molar-refractivity contribution < 1.29 is 0 Å². The van der Waals surface area contributed by atoms with Gasteiger partial charge in [0.05, 0.1) is 11.3 Å². The van der Waals surface area contributed by atoms with Crippen LogP contribution in [0.15, 0.2) is 42.5 Å². The van der Waals surface area contributed by atoms with E-state index in [2.05, 4.69) is 24.4 Å². The van der Waals surface area contributed by atoms with Crippen molar-refractivity contribution in [1.29, 1.82) is 5.26 Å². The van der Waals surface area contributed by atoms with Crippen molar-refractivity contribution in [3.8, 4) is 6.07 Å². The Labute approximate surface area is 112 Å². The predicted octanol–water partition coefficient (Wildman–Crippen LogP) is 4.52. The molecule has 90 valence electrons. The molecule has 0 saturated carbocycles. The van der Waals surface area contributed by atoms with Gasteiger partial charge in [-0.3, -0.25) is 0 Å². The van der Waals surface area contributed by atoms with E-state index in [-0.39, 0.29) is 0 Å². The fraction of sp³-hybridized carbons (Fsp3) is 0.133. The number of rotatable bonds is 3. The molecule has 18 heavy (non-hydrogen) atoms. The summed E-state index contributed by atoms with van der Waals surface area (Å²) in [7, 11) is 0. The fourth-order valence-corrected chi connectivity index (χ4v) is 1.99. The smallest absolute Gasteiger partial charge is 0.101 e. The van der Waals surface area contributed by atoms with Crippen molar-refractivity contribution >= 4 is 23.0 Å². The van der Waals surface area contributed by atoms with E-state index in [4.69, 9.17) is 16.9 Å². The Balaban J connectivity index is 2.37. The number of nitriles is 1. The highest BCUT2D eigenvalue weighted by Gasteiger charge is 2.05. The molecule has 3 heteroatoms. The second-order valence-corrected chi connectivity index (χ2v) is 4.37. The lowest BCUT2D eigenvalue weighted by atomic mass is 10.1. The average Bonchev–Trinajstić information content (AvgIpc) is 2.41. The van der Waals surface area contributed by atoms with Crippen LogP contribution >= 0.6 is 11.6 Å². The number of para-hydroxylation sites is 1. The summed E-state index contributed by atoms with van der Waals surface area (Å²) in [6.07, 6.45) is 0.943. The van der Waals surface area contributed by atoms with E-state index in [1.807, 2.05) is 24.3 Å². The average molecular weight is 257 g/mol. The van der Waals surface area contributed by atoms with Crippen molar-refractivity contribution in [2.45, 2.75) is 13.3 Å². The molecule has 2 nitrogen and oxygen atoms in total. The predicted molar refractivity (Wildman–Crippen MR) is 75.3 cm³/mol. The van der Waals surface area contributed by atoms with Crippen LogP contribution in [0.25, 0.3) is 0 Å². The van der Waals surface area contributed by atoms with Crippen molar-refractivity contribution in [3.05, 3.63) is 58.6 Å². The van der Waals surface area contributed by atoms with Crippen LogP contribution in [0.5, 0.6) is 0 Å². The first-order valence-corrected chi connectivity index (χ1v) is 6.17. The molecule has 0 atom stereocenters. The van der Waals surface area contributed by atoms with Gasteiger partial charge in [0.15, 0.2) is 0 Å². The number of nitrogens with one attached hydrogen (secondary N) is 1. The Hall–Kier alpha value is -1.98. The molecule has 0 aromatic heterocycles. The summed E-state index contributed by atoms with van der Waals surface area (Å²) in [6.45, 7) is 2.10. The lowest BCUT2D eigenvalue weighted by molar-refractivity contribution is 1.14. The van der Waals surface area contributed by atoms with Crippen LogP contribution in [0.4, 0.5) is 11.4 Å². The molecule has 0 amide bonds. The fourth-order valence-electron chi connectivity index (χ4n) is 1.81. The lowest BCUT2D eigenvalue weighted by Crippen LogP contribution is -1.97. The summed E-state index contributed by atoms with van der Waals surface area (Å²) in [5, 5.41) is 13.0. The highest BCUT2D eigenvalue weighted by molar-refractivity contribution is 6.30. The van der Waals surface area contributed by atoms with Gasteiger partial charge in [0.25, 0.3) is 0 Å². The highest BCUT2D eigenvalue weighted by atomic mass is 35.5. The van der Waals surface area contributed by atoms with Gasteiger partial charge in [0.1, 0.15) is 6.07 Å². The summed E-state index contributed by atoms with van der Waals surface area (Å²) in [5.74, 6) is 0. The minimum absolute atomic E-state index is 0.549. The van der Waals surface area contributed by atoms with E-state index in [9.17, 15) is 0 Å². The molecule has 0 bridgehead atoms. The van der Waals surface area contributed by atoms with E-state index < -0.39 is 0 Å². The molecule has 0 aliphatic carbocycles. The van der Waals surface area contributed by atoms with Gasteiger partial charge < -0.3 is 5.32 Å². The van der Waals surface area contributed by atoms with Crippen molar-refractivity contribution in [3.63, 3.8) is 0 Å². The number of halogens is 1. The monoisotopic (exact) mass is 256 g/mol. The largest absolute Gasteiger partial charge is 0.354 e. The highest BCUT2D eigenvalue weighted by Crippen LogP contribution is 2.25. The molecule has 0 aliphatic heterocycles. The second-order valence-electron chi connectivity index (χ2n) is 3.94. The molecule has 2 aromatic rings. The van der Waals surface area contributed by atoms with Gasteiger partial charge in [-0.25, -0.2) is 0 Å². The summed E-state index contributed by atoms with van der Waals surface area (Å²) in [5.41, 5.74) is 3.58. The Morgan fingerprint density at radius 3 is 2.67 bits per heavy atom. The van der Waals surface area contributed by atoms with Crippen LogP contribution in [-0.2, 0) is 6.42 Å². The number of hydrogen-bond acceptors (Lipinski definition) is 2. The summed E-state index contributed by atoms with van der Waals surface area (Å²) in [4.78, 5) is 0. The van der Waals surface area contributed by atoms with Crippen LogP contribution in [0.1, 0.15) is 18.1 Å². The third-order valence-corrected chi connectivity index (χ3v) is 3.00. The molecule has 2 aromatic carbocycles. The SMILES string of the molecule is CCc1ccccc1Nc1ccc(Cl)cc1C#N. The standard InChI is InChI=1S/C15H13ClN2/c1-2-11-5-3-4-6-14(11)18-15-8-7-13(16)9-12(15)10-17/h3-9,18H,2H2,1H3. The topological polar surface area (TPSA) is 35.8 Å². The minimum Gasteiger partial charge on any atom is -0.354 e. The Morgan fingerprint density at radius 1 is 1.17 bits per heavy atom. The van der Waals surface area contributed by atoms with Crippen LogP contribution < -0.4 is 5.32 Å². The lowest BCUT2D eigenvalue weighted by Gasteiger charge is -2.12. The quantitative estimate of drug-likeness (QED) is 0.877. The van der Waals surface area contributed by atoms with Crippen molar-refractivity contribution in [1.82, 2.24) is 0 Å². The van der Waals surface area contributed by atoms with E-state index in [1.54, 1.807) is 12.1 Å². The first kappa shape index (κ1) is 12.5. The van der Waals surface area contributed by atoms with Crippen LogP contribution in [-0.4, -0.2) is 0 Å². The van der Waals surface area contributed by atoms with E-state index in [1.165, 1.54) is 5.56 Å². The van der Waals surface area contributed by atoms with Gasteiger partial charge in [-0.1, -0.05) is 36.7 Å². The molecule has 2 rings (SSSR count). The molecule has 0 heterocycles. The van der Waals surface area contributed by atoms with Gasteiger partial charge >= 0.3 is 0 Å². The normalized spacial score (nSPS) is 9.83. The molecular weight excluding hydrogens is 244 g/mol. The van der Waals surface area contributed by atoms with Crippen LogP contribution in [0.3, 0.4) is 0 Å². The number of nitrogens with zero attached hydrogens (tertiary/aromatic N) is 1. The maximum atomic E-state index is 9.10. The van der Waals surface area contributed by atoms with E-state index in [0.717, 1.165) is 17.8 Å². The zero-order valence-corrected chi connectivity index (χ0v) is 10.8. The van der Waals surface area contributed by atoms with Crippen LogP contribution in [0.2, 0.25) is 5.02 Å². The van der Waals surface area contributed by atoms with E-state index >= 15 is 0 Å². The summed E-state index contributed by atoms with van der Waals surface area (Å²) < 4.78 is 0. The minimum atomic E-state index is 0.549. The third kappa shape index (κ3) is 2.64. The maximum absolute atomic E-state index is 9.10. The molecule has 0 fully saturated rings. The Bertz CT molecular complexity index is 600.